The van der Waals surface area contributed by atoms with Gasteiger partial charge in [-0.2, -0.15) is 0 Å². The summed E-state index contributed by atoms with van der Waals surface area (Å²) < 4.78 is 1.94. The van der Waals surface area contributed by atoms with Crippen LogP contribution in [-0.4, -0.2) is 44.1 Å². The summed E-state index contributed by atoms with van der Waals surface area (Å²) in [7, 11) is 0. The summed E-state index contributed by atoms with van der Waals surface area (Å²) in [6, 6.07) is 10.4. The lowest BCUT2D eigenvalue weighted by molar-refractivity contribution is -0.129. The maximum Gasteiger partial charge on any atom is 0.240 e. The largest absolute Gasteiger partial charge is 0.341 e. The summed E-state index contributed by atoms with van der Waals surface area (Å²) in [6.45, 7) is 1.71. The van der Waals surface area contributed by atoms with Gasteiger partial charge in [0.05, 0.1) is 6.04 Å². The van der Waals surface area contributed by atoms with Gasteiger partial charge in [0, 0.05) is 13.1 Å². The Bertz CT molecular complexity index is 707. The Balaban J connectivity index is 1.60. The first-order chi connectivity index (χ1) is 12.3. The highest BCUT2D eigenvalue weighted by molar-refractivity contribution is 8.00. The van der Waals surface area contributed by atoms with Gasteiger partial charge in [0.2, 0.25) is 11.1 Å². The van der Waals surface area contributed by atoms with E-state index in [4.69, 9.17) is 0 Å². The molecule has 2 fully saturated rings. The highest BCUT2D eigenvalue weighted by Gasteiger charge is 2.31. The van der Waals surface area contributed by atoms with E-state index in [0.29, 0.717) is 6.04 Å². The molecular weight excluding hydrogens is 334 g/mol. The van der Waals surface area contributed by atoms with Gasteiger partial charge in [0.1, 0.15) is 5.25 Å². The molecule has 0 N–H and O–H groups in total. The van der Waals surface area contributed by atoms with Gasteiger partial charge in [0.25, 0.3) is 0 Å². The molecule has 132 valence electrons. The second-order valence-corrected chi connectivity index (χ2v) is 7.86. The van der Waals surface area contributed by atoms with Gasteiger partial charge in [-0.3, -0.25) is 4.79 Å². The maximum absolute atomic E-state index is 13.1. The van der Waals surface area contributed by atoms with Gasteiger partial charge >= 0.3 is 0 Å². The third kappa shape index (κ3) is 3.56. The number of carbonyl (C=O) groups excluding carboxylic acids is 1. The minimum absolute atomic E-state index is 0.176. The number of likely N-dealkylation sites (tertiary alicyclic amines) is 1. The molecule has 1 saturated carbocycles. The van der Waals surface area contributed by atoms with Crippen LogP contribution < -0.4 is 0 Å². The Morgan fingerprint density at radius 2 is 1.80 bits per heavy atom. The number of nitrogens with zero attached hydrogens (tertiary/aromatic N) is 5. The van der Waals surface area contributed by atoms with E-state index in [0.717, 1.165) is 49.5 Å². The average Bonchev–Trinajstić information content (AvgIpc) is 3.42. The highest BCUT2D eigenvalue weighted by Crippen LogP contribution is 2.39. The number of hydrogen-bond acceptors (Lipinski definition) is 5. The predicted molar refractivity (Wildman–Crippen MR) is 96.2 cm³/mol. The lowest BCUT2D eigenvalue weighted by Crippen LogP contribution is -2.31. The highest BCUT2D eigenvalue weighted by atomic mass is 32.2. The quantitative estimate of drug-likeness (QED) is 0.769. The second kappa shape index (κ2) is 7.56. The topological polar surface area (TPSA) is 63.9 Å². The molecule has 1 aromatic carbocycles. The Morgan fingerprint density at radius 1 is 1.08 bits per heavy atom. The molecule has 6 nitrogen and oxygen atoms in total. The fraction of sp³-hybridized carbons (Fsp3) is 0.556. The lowest BCUT2D eigenvalue weighted by atomic mass is 10.1. The van der Waals surface area contributed by atoms with E-state index < -0.39 is 0 Å². The third-order valence-corrected chi connectivity index (χ3v) is 6.29. The van der Waals surface area contributed by atoms with Crippen LogP contribution in [-0.2, 0) is 4.79 Å². The minimum atomic E-state index is -0.287. The first-order valence-corrected chi connectivity index (χ1v) is 9.99. The summed E-state index contributed by atoms with van der Waals surface area (Å²) in [4.78, 5) is 15.1. The van der Waals surface area contributed by atoms with Crippen molar-refractivity contribution in [2.45, 2.75) is 55.0 Å². The molecule has 2 aromatic rings. The summed E-state index contributed by atoms with van der Waals surface area (Å²) in [5.41, 5.74) is 1.02. The van der Waals surface area contributed by atoms with Gasteiger partial charge in [-0.1, -0.05) is 54.9 Å². The van der Waals surface area contributed by atoms with Crippen molar-refractivity contribution < 1.29 is 4.79 Å². The van der Waals surface area contributed by atoms with Crippen LogP contribution >= 0.6 is 11.8 Å². The fourth-order valence-electron chi connectivity index (χ4n) is 3.74. The van der Waals surface area contributed by atoms with E-state index >= 15 is 0 Å². The smallest absolute Gasteiger partial charge is 0.240 e. The van der Waals surface area contributed by atoms with Crippen molar-refractivity contribution in [2.24, 2.45) is 0 Å². The van der Waals surface area contributed by atoms with Crippen molar-refractivity contribution in [3.63, 3.8) is 0 Å². The van der Waals surface area contributed by atoms with Crippen LogP contribution in [0.25, 0.3) is 0 Å². The van der Waals surface area contributed by atoms with E-state index in [2.05, 4.69) is 15.5 Å². The van der Waals surface area contributed by atoms with Gasteiger partial charge < -0.3 is 4.90 Å². The standard InChI is InChI=1S/C18H23N5OS/c24-17(22-12-6-7-13-22)16(14-8-2-1-3-9-14)25-18-19-20-21-23(18)15-10-4-5-11-15/h1-3,8-9,15-16H,4-7,10-13H2/t16-/m0/s1. The molecule has 1 atom stereocenters. The van der Waals surface area contributed by atoms with Crippen molar-refractivity contribution in [3.8, 4) is 0 Å². The Hall–Kier alpha value is -1.89. The first-order valence-electron chi connectivity index (χ1n) is 9.11. The molecule has 1 aromatic heterocycles. The van der Waals surface area contributed by atoms with Crippen molar-refractivity contribution >= 4 is 17.7 Å². The van der Waals surface area contributed by atoms with Crippen LogP contribution in [0.15, 0.2) is 35.5 Å². The molecule has 1 aliphatic heterocycles. The zero-order valence-corrected chi connectivity index (χ0v) is 15.1. The monoisotopic (exact) mass is 357 g/mol. The zero-order valence-electron chi connectivity index (χ0n) is 14.3. The molecule has 0 radical (unpaired) electrons. The number of hydrogen-bond donors (Lipinski definition) is 0. The molecule has 1 amide bonds. The first kappa shape index (κ1) is 16.6. The zero-order chi connectivity index (χ0) is 17.1. The molecule has 2 aliphatic rings. The van der Waals surface area contributed by atoms with Crippen LogP contribution in [0.1, 0.15) is 55.4 Å². The average molecular weight is 357 g/mol. The summed E-state index contributed by atoms with van der Waals surface area (Å²) in [6.07, 6.45) is 6.88. The summed E-state index contributed by atoms with van der Waals surface area (Å²) >= 11 is 1.49. The van der Waals surface area contributed by atoms with Crippen LogP contribution in [0.4, 0.5) is 0 Å². The summed E-state index contributed by atoms with van der Waals surface area (Å²) in [5, 5.41) is 12.8. The van der Waals surface area contributed by atoms with Crippen LogP contribution in [0.3, 0.4) is 0 Å². The Morgan fingerprint density at radius 3 is 2.52 bits per heavy atom. The SMILES string of the molecule is O=C([C@@H](Sc1nnnn1C1CCCC1)c1ccccc1)N1CCCC1. The molecule has 25 heavy (non-hydrogen) atoms. The predicted octanol–water partition coefficient (Wildman–Crippen LogP) is 3.24. The molecular formula is C18H23N5OS. The number of amides is 1. The molecule has 4 rings (SSSR count). The summed E-state index contributed by atoms with van der Waals surface area (Å²) in [5.74, 6) is 0.176. The maximum atomic E-state index is 13.1. The van der Waals surface area contributed by atoms with Crippen molar-refractivity contribution in [1.82, 2.24) is 25.1 Å². The van der Waals surface area contributed by atoms with Crippen molar-refractivity contribution in [3.05, 3.63) is 35.9 Å². The minimum Gasteiger partial charge on any atom is -0.341 e. The van der Waals surface area contributed by atoms with E-state index in [1.807, 2.05) is 39.9 Å². The molecule has 1 saturated heterocycles. The fourth-order valence-corrected chi connectivity index (χ4v) is 4.87. The van der Waals surface area contributed by atoms with Crippen LogP contribution in [0.5, 0.6) is 0 Å². The molecule has 0 bridgehead atoms. The van der Waals surface area contributed by atoms with Crippen LogP contribution in [0.2, 0.25) is 0 Å². The lowest BCUT2D eigenvalue weighted by Gasteiger charge is -2.23. The Labute approximate surface area is 152 Å². The number of tetrazole rings is 1. The molecule has 0 spiro atoms. The number of aromatic nitrogens is 4. The number of benzene rings is 1. The Kier molecular flexibility index (Phi) is 5.01. The molecule has 1 aliphatic carbocycles. The van der Waals surface area contributed by atoms with E-state index in [9.17, 15) is 4.79 Å². The van der Waals surface area contributed by atoms with Crippen molar-refractivity contribution in [2.75, 3.05) is 13.1 Å². The van der Waals surface area contributed by atoms with E-state index in [1.165, 1.54) is 24.6 Å². The number of carbonyl (C=O) groups is 1. The van der Waals surface area contributed by atoms with Crippen molar-refractivity contribution in [1.29, 1.82) is 0 Å². The van der Waals surface area contributed by atoms with Gasteiger partial charge in [-0.25, -0.2) is 4.68 Å². The number of rotatable bonds is 5. The van der Waals surface area contributed by atoms with Gasteiger partial charge in [-0.05, 0) is 41.7 Å². The van der Waals surface area contributed by atoms with E-state index in [1.54, 1.807) is 0 Å². The van der Waals surface area contributed by atoms with E-state index in [-0.39, 0.29) is 11.2 Å². The molecule has 7 heteroatoms. The normalized spacial score (nSPS) is 19.4. The molecule has 2 heterocycles. The third-order valence-electron chi connectivity index (χ3n) is 5.10. The molecule has 0 unspecified atom stereocenters. The van der Waals surface area contributed by atoms with Crippen LogP contribution in [0, 0.1) is 0 Å². The van der Waals surface area contributed by atoms with Gasteiger partial charge in [0.15, 0.2) is 0 Å². The second-order valence-electron chi connectivity index (χ2n) is 6.79. The number of thioether (sulfide) groups is 1. The van der Waals surface area contributed by atoms with Gasteiger partial charge in [-0.15, -0.1) is 5.10 Å².